The number of nitrogens with one attached hydrogen (secondary N) is 1. The van der Waals surface area contributed by atoms with Crippen molar-refractivity contribution < 1.29 is 4.79 Å². The number of thioether (sulfide) groups is 1. The topological polar surface area (TPSA) is 72.7 Å². The van der Waals surface area contributed by atoms with Crippen LogP contribution < -0.4 is 5.32 Å². The SMILES string of the molecule is C=CCn1c(SCC(=O)Nc2nc(-c3ccccc3)c(C)s2)nnc1-c1ccc(C)cc1. The van der Waals surface area contributed by atoms with Crippen LogP contribution >= 0.6 is 23.1 Å². The van der Waals surface area contributed by atoms with Gasteiger partial charge >= 0.3 is 0 Å². The van der Waals surface area contributed by atoms with Gasteiger partial charge in [-0.2, -0.15) is 0 Å². The quantitative estimate of drug-likeness (QED) is 0.273. The van der Waals surface area contributed by atoms with E-state index in [4.69, 9.17) is 0 Å². The van der Waals surface area contributed by atoms with Crippen LogP contribution in [0, 0.1) is 13.8 Å². The number of amides is 1. The minimum absolute atomic E-state index is 0.131. The van der Waals surface area contributed by atoms with Crippen LogP contribution in [0.3, 0.4) is 0 Å². The van der Waals surface area contributed by atoms with Crippen LogP contribution in [0.4, 0.5) is 5.13 Å². The highest BCUT2D eigenvalue weighted by Gasteiger charge is 2.16. The van der Waals surface area contributed by atoms with Crippen LogP contribution in [0.1, 0.15) is 10.4 Å². The highest BCUT2D eigenvalue weighted by Crippen LogP contribution is 2.30. The Labute approximate surface area is 195 Å². The molecule has 0 radical (unpaired) electrons. The van der Waals surface area contributed by atoms with Crippen LogP contribution in [-0.2, 0) is 11.3 Å². The van der Waals surface area contributed by atoms with Gasteiger partial charge in [0, 0.05) is 22.5 Å². The summed E-state index contributed by atoms with van der Waals surface area (Å²) in [5, 5.41) is 12.8. The van der Waals surface area contributed by atoms with E-state index in [0.29, 0.717) is 16.8 Å². The number of hydrogen-bond acceptors (Lipinski definition) is 6. The van der Waals surface area contributed by atoms with Gasteiger partial charge in [-0.3, -0.25) is 9.36 Å². The molecule has 4 rings (SSSR count). The highest BCUT2D eigenvalue weighted by atomic mass is 32.2. The van der Waals surface area contributed by atoms with Crippen LogP contribution in [0.25, 0.3) is 22.6 Å². The Morgan fingerprint density at radius 3 is 2.56 bits per heavy atom. The molecule has 8 heteroatoms. The van der Waals surface area contributed by atoms with Crippen molar-refractivity contribution in [3.63, 3.8) is 0 Å². The number of aryl methyl sites for hydroxylation is 2. The summed E-state index contributed by atoms with van der Waals surface area (Å²) in [5.41, 5.74) is 4.10. The summed E-state index contributed by atoms with van der Waals surface area (Å²) in [7, 11) is 0. The number of nitrogens with zero attached hydrogens (tertiary/aromatic N) is 4. The second-order valence-electron chi connectivity index (χ2n) is 7.20. The van der Waals surface area contributed by atoms with Crippen molar-refractivity contribution in [2.75, 3.05) is 11.1 Å². The molecule has 0 saturated carbocycles. The van der Waals surface area contributed by atoms with E-state index in [1.807, 2.05) is 73.0 Å². The molecule has 2 heterocycles. The van der Waals surface area contributed by atoms with E-state index in [2.05, 4.69) is 27.1 Å². The molecule has 2 aromatic heterocycles. The number of carbonyl (C=O) groups is 1. The minimum Gasteiger partial charge on any atom is -0.301 e. The van der Waals surface area contributed by atoms with E-state index in [1.165, 1.54) is 28.7 Å². The van der Waals surface area contributed by atoms with Crippen molar-refractivity contribution in [3.8, 4) is 22.6 Å². The average molecular weight is 462 g/mol. The molecule has 4 aromatic rings. The summed E-state index contributed by atoms with van der Waals surface area (Å²) in [4.78, 5) is 18.2. The maximum absolute atomic E-state index is 12.6. The van der Waals surface area contributed by atoms with Crippen LogP contribution in [-0.4, -0.2) is 31.4 Å². The number of hydrogen-bond donors (Lipinski definition) is 1. The van der Waals surface area contributed by atoms with Gasteiger partial charge in [0.25, 0.3) is 0 Å². The van der Waals surface area contributed by atoms with E-state index in [1.54, 1.807) is 6.08 Å². The van der Waals surface area contributed by atoms with Crippen molar-refractivity contribution in [3.05, 3.63) is 77.7 Å². The maximum Gasteiger partial charge on any atom is 0.236 e. The lowest BCUT2D eigenvalue weighted by Gasteiger charge is -2.08. The van der Waals surface area contributed by atoms with Crippen LogP contribution in [0.5, 0.6) is 0 Å². The highest BCUT2D eigenvalue weighted by molar-refractivity contribution is 7.99. The van der Waals surface area contributed by atoms with Crippen molar-refractivity contribution in [1.82, 2.24) is 19.7 Å². The number of aromatic nitrogens is 4. The molecule has 0 atom stereocenters. The van der Waals surface area contributed by atoms with Gasteiger partial charge in [-0.05, 0) is 13.8 Å². The molecule has 0 unspecified atom stereocenters. The molecule has 0 saturated heterocycles. The van der Waals surface area contributed by atoms with E-state index in [0.717, 1.165) is 27.5 Å². The molecule has 32 heavy (non-hydrogen) atoms. The first kappa shape index (κ1) is 22.0. The lowest BCUT2D eigenvalue weighted by Crippen LogP contribution is -2.14. The first-order valence-corrected chi connectivity index (χ1v) is 11.9. The summed E-state index contributed by atoms with van der Waals surface area (Å²) >= 11 is 2.82. The van der Waals surface area contributed by atoms with Gasteiger partial charge in [0.15, 0.2) is 16.1 Å². The summed E-state index contributed by atoms with van der Waals surface area (Å²) < 4.78 is 1.97. The monoisotopic (exact) mass is 461 g/mol. The smallest absolute Gasteiger partial charge is 0.236 e. The molecule has 0 aliphatic heterocycles. The average Bonchev–Trinajstić information content (AvgIpc) is 3.36. The van der Waals surface area contributed by atoms with Gasteiger partial charge in [-0.25, -0.2) is 4.98 Å². The molecule has 0 fully saturated rings. The van der Waals surface area contributed by atoms with Crippen molar-refractivity contribution >= 4 is 34.1 Å². The molecule has 1 N–H and O–H groups in total. The van der Waals surface area contributed by atoms with Crippen molar-refractivity contribution in [1.29, 1.82) is 0 Å². The molecule has 2 aromatic carbocycles. The van der Waals surface area contributed by atoms with Gasteiger partial charge in [0.2, 0.25) is 5.91 Å². The Morgan fingerprint density at radius 1 is 1.09 bits per heavy atom. The number of benzene rings is 2. The molecule has 0 aliphatic carbocycles. The molecule has 0 aliphatic rings. The standard InChI is InChI=1S/C24H23N5OS2/c1-4-14-29-22(19-12-10-16(2)11-13-19)27-28-24(29)31-15-20(30)25-23-26-21(17(3)32-23)18-8-6-5-7-9-18/h4-13H,1,14-15H2,2-3H3,(H,25,26,30). The molecule has 1 amide bonds. The van der Waals surface area contributed by atoms with Crippen LogP contribution in [0.15, 0.2) is 72.4 Å². The summed E-state index contributed by atoms with van der Waals surface area (Å²) in [6, 6.07) is 18.1. The van der Waals surface area contributed by atoms with Gasteiger partial charge < -0.3 is 5.32 Å². The zero-order valence-electron chi connectivity index (χ0n) is 17.9. The van der Waals surface area contributed by atoms with E-state index < -0.39 is 0 Å². The lowest BCUT2D eigenvalue weighted by molar-refractivity contribution is -0.113. The third-order valence-corrected chi connectivity index (χ3v) is 6.61. The minimum atomic E-state index is -0.131. The Bertz CT molecular complexity index is 1230. The second-order valence-corrected chi connectivity index (χ2v) is 9.34. The fourth-order valence-corrected chi connectivity index (χ4v) is 4.80. The van der Waals surface area contributed by atoms with Crippen LogP contribution in [0.2, 0.25) is 0 Å². The summed E-state index contributed by atoms with van der Waals surface area (Å²) in [5.74, 6) is 0.840. The molecular formula is C24H23N5OS2. The Morgan fingerprint density at radius 2 is 1.84 bits per heavy atom. The molecule has 0 spiro atoms. The van der Waals surface area contributed by atoms with E-state index in [9.17, 15) is 4.79 Å². The number of carbonyl (C=O) groups excluding carboxylic acids is 1. The first-order chi connectivity index (χ1) is 15.5. The Balaban J connectivity index is 1.44. The number of thiazole rings is 1. The molecule has 0 bridgehead atoms. The van der Waals surface area contributed by atoms with E-state index >= 15 is 0 Å². The molecular weight excluding hydrogens is 438 g/mol. The zero-order valence-corrected chi connectivity index (χ0v) is 19.5. The number of rotatable bonds is 8. The number of allylic oxidation sites excluding steroid dienone is 1. The normalized spacial score (nSPS) is 10.8. The zero-order chi connectivity index (χ0) is 22.5. The Hall–Kier alpha value is -3.23. The lowest BCUT2D eigenvalue weighted by atomic mass is 10.1. The van der Waals surface area contributed by atoms with Gasteiger partial charge in [0.1, 0.15) is 0 Å². The second kappa shape index (κ2) is 9.93. The third-order valence-electron chi connectivity index (χ3n) is 4.76. The summed E-state index contributed by atoms with van der Waals surface area (Å²) in [6.45, 7) is 8.46. The van der Waals surface area contributed by atoms with Crippen molar-refractivity contribution in [2.45, 2.75) is 25.5 Å². The number of anilines is 1. The van der Waals surface area contributed by atoms with Gasteiger partial charge in [0.05, 0.1) is 11.4 Å². The van der Waals surface area contributed by atoms with E-state index in [-0.39, 0.29) is 11.7 Å². The maximum atomic E-state index is 12.6. The fourth-order valence-electron chi connectivity index (χ4n) is 3.20. The third kappa shape index (κ3) is 4.98. The first-order valence-electron chi connectivity index (χ1n) is 10.1. The fraction of sp³-hybridized carbons (Fsp3) is 0.167. The molecule has 6 nitrogen and oxygen atoms in total. The van der Waals surface area contributed by atoms with Gasteiger partial charge in [-0.15, -0.1) is 28.1 Å². The predicted molar refractivity (Wildman–Crippen MR) is 132 cm³/mol. The Kier molecular flexibility index (Phi) is 6.82. The van der Waals surface area contributed by atoms with Gasteiger partial charge in [-0.1, -0.05) is 78.0 Å². The largest absolute Gasteiger partial charge is 0.301 e. The predicted octanol–water partition coefficient (Wildman–Crippen LogP) is 5.60. The van der Waals surface area contributed by atoms with Crippen molar-refractivity contribution in [2.24, 2.45) is 0 Å². The molecule has 162 valence electrons. The summed E-state index contributed by atoms with van der Waals surface area (Å²) in [6.07, 6.45) is 1.80.